The first-order valence-electron chi connectivity index (χ1n) is 10.2. The van der Waals surface area contributed by atoms with Crippen LogP contribution in [-0.4, -0.2) is 24.2 Å². The van der Waals surface area contributed by atoms with Gasteiger partial charge in [-0.3, -0.25) is 0 Å². The minimum atomic E-state index is -3.16. The molecular formula is C26H34N2O2S. The zero-order valence-electron chi connectivity index (χ0n) is 19.5. The molecule has 1 aromatic heterocycles. The Labute approximate surface area is 187 Å². The van der Waals surface area contributed by atoms with E-state index in [0.29, 0.717) is 4.90 Å². The van der Waals surface area contributed by atoms with Crippen LogP contribution in [-0.2, 0) is 9.84 Å². The highest BCUT2D eigenvalue weighted by atomic mass is 32.2. The fourth-order valence-electron chi connectivity index (χ4n) is 2.29. The van der Waals surface area contributed by atoms with E-state index in [-0.39, 0.29) is 0 Å². The summed E-state index contributed by atoms with van der Waals surface area (Å²) in [5.74, 6) is 0. The predicted octanol–water partition coefficient (Wildman–Crippen LogP) is 6.89. The van der Waals surface area contributed by atoms with Crippen molar-refractivity contribution in [1.82, 2.24) is 9.55 Å². The zero-order chi connectivity index (χ0) is 23.4. The van der Waals surface area contributed by atoms with Crippen molar-refractivity contribution in [3.05, 3.63) is 90.9 Å². The molecule has 4 nitrogen and oxygen atoms in total. The van der Waals surface area contributed by atoms with Crippen LogP contribution in [0.2, 0.25) is 0 Å². The summed E-state index contributed by atoms with van der Waals surface area (Å²) in [5.41, 5.74) is 5.43. The number of allylic oxidation sites excluding steroid dienone is 3. The first kappa shape index (κ1) is 26.1. The van der Waals surface area contributed by atoms with Crippen LogP contribution in [0, 0.1) is 0 Å². The molecule has 0 saturated carbocycles. The highest BCUT2D eigenvalue weighted by Crippen LogP contribution is 2.19. The number of hydrogen-bond donors (Lipinski definition) is 0. The molecule has 166 valence electrons. The van der Waals surface area contributed by atoms with Crippen LogP contribution in [0.5, 0.6) is 0 Å². The van der Waals surface area contributed by atoms with E-state index in [9.17, 15) is 8.42 Å². The summed E-state index contributed by atoms with van der Waals surface area (Å²) in [7, 11) is -3.16. The van der Waals surface area contributed by atoms with E-state index in [4.69, 9.17) is 0 Å². The molecule has 5 heteroatoms. The molecule has 0 aliphatic heterocycles. The summed E-state index contributed by atoms with van der Waals surface area (Å²) in [6.07, 6.45) is 8.17. The van der Waals surface area contributed by atoms with Crippen molar-refractivity contribution in [2.75, 3.05) is 6.26 Å². The Hall–Kier alpha value is -2.92. The molecule has 0 amide bonds. The lowest BCUT2D eigenvalue weighted by molar-refractivity contribution is 0.602. The molecular weight excluding hydrogens is 404 g/mol. The molecule has 1 heterocycles. The van der Waals surface area contributed by atoms with Gasteiger partial charge in [0.15, 0.2) is 9.84 Å². The quantitative estimate of drug-likeness (QED) is 0.417. The Morgan fingerprint density at radius 3 is 2.00 bits per heavy atom. The van der Waals surface area contributed by atoms with Gasteiger partial charge in [0.05, 0.1) is 16.9 Å². The molecule has 0 N–H and O–H groups in total. The number of rotatable bonds is 4. The molecule has 0 aliphatic rings. The van der Waals surface area contributed by atoms with E-state index in [1.165, 1.54) is 23.8 Å². The Morgan fingerprint density at radius 1 is 1.03 bits per heavy atom. The molecule has 0 bridgehead atoms. The molecule has 2 aromatic carbocycles. The number of nitrogens with zero attached hydrogens (tertiary/aromatic N) is 2. The molecule has 0 fully saturated rings. The smallest absolute Gasteiger partial charge is 0.175 e. The number of sulfone groups is 1. The van der Waals surface area contributed by atoms with Crippen molar-refractivity contribution in [3.8, 4) is 16.9 Å². The van der Waals surface area contributed by atoms with Gasteiger partial charge in [0.2, 0.25) is 0 Å². The number of benzene rings is 2. The summed E-state index contributed by atoms with van der Waals surface area (Å²) in [4.78, 5) is 4.69. The molecule has 3 aromatic rings. The van der Waals surface area contributed by atoms with Gasteiger partial charge in [0.1, 0.15) is 0 Å². The maximum atomic E-state index is 11.5. The van der Waals surface area contributed by atoms with E-state index in [1.807, 2.05) is 54.9 Å². The lowest BCUT2D eigenvalue weighted by atomic mass is 10.2. The minimum Gasteiger partial charge on any atom is -0.306 e. The summed E-state index contributed by atoms with van der Waals surface area (Å²) in [6, 6.07) is 16.6. The third-order valence-corrected chi connectivity index (χ3v) is 5.39. The Balaban J connectivity index is 0.000000405. The second-order valence-electron chi connectivity index (χ2n) is 7.49. The number of hydrogen-bond acceptors (Lipinski definition) is 3. The van der Waals surface area contributed by atoms with E-state index in [0.717, 1.165) is 16.9 Å². The van der Waals surface area contributed by atoms with Gasteiger partial charge in [0, 0.05) is 23.7 Å². The lowest BCUT2D eigenvalue weighted by Gasteiger charge is -2.03. The van der Waals surface area contributed by atoms with Crippen LogP contribution in [0.4, 0.5) is 0 Å². The van der Waals surface area contributed by atoms with Gasteiger partial charge in [-0.15, -0.1) is 6.58 Å². The van der Waals surface area contributed by atoms with Gasteiger partial charge in [-0.05, 0) is 58.4 Å². The van der Waals surface area contributed by atoms with Crippen LogP contribution in [0.1, 0.15) is 41.0 Å². The molecule has 0 radical (unpaired) electrons. The SMILES string of the molecule is C/C=C(/C)CC.C=C(C)C.CS(=O)(=O)c1ccc(-n2cnc(-c3ccccc3)c2)cc1. The van der Waals surface area contributed by atoms with Crippen LogP contribution >= 0.6 is 0 Å². The Bertz CT molecular complexity index is 1070. The molecule has 0 spiro atoms. The normalized spacial score (nSPS) is 11.0. The highest BCUT2D eigenvalue weighted by molar-refractivity contribution is 7.90. The molecule has 0 aliphatic carbocycles. The van der Waals surface area contributed by atoms with Crippen LogP contribution in [0.3, 0.4) is 0 Å². The van der Waals surface area contributed by atoms with Crippen molar-refractivity contribution in [1.29, 1.82) is 0 Å². The van der Waals surface area contributed by atoms with E-state index < -0.39 is 9.84 Å². The maximum absolute atomic E-state index is 11.5. The molecule has 31 heavy (non-hydrogen) atoms. The Kier molecular flexibility index (Phi) is 10.7. The third kappa shape index (κ3) is 9.62. The largest absolute Gasteiger partial charge is 0.306 e. The third-order valence-electron chi connectivity index (χ3n) is 4.27. The van der Waals surface area contributed by atoms with Crippen molar-refractivity contribution in [2.24, 2.45) is 0 Å². The Morgan fingerprint density at radius 2 is 1.58 bits per heavy atom. The average Bonchev–Trinajstić information content (AvgIpc) is 3.24. The van der Waals surface area contributed by atoms with Crippen LogP contribution in [0.25, 0.3) is 16.9 Å². The van der Waals surface area contributed by atoms with Gasteiger partial charge in [-0.25, -0.2) is 13.4 Å². The highest BCUT2D eigenvalue weighted by Gasteiger charge is 2.07. The number of imidazole rings is 1. The first-order valence-corrected chi connectivity index (χ1v) is 12.1. The van der Waals surface area contributed by atoms with Crippen molar-refractivity contribution in [3.63, 3.8) is 0 Å². The summed E-state index contributed by atoms with van der Waals surface area (Å²) >= 11 is 0. The van der Waals surface area contributed by atoms with Crippen molar-refractivity contribution in [2.45, 2.75) is 45.9 Å². The lowest BCUT2D eigenvalue weighted by Crippen LogP contribution is -1.97. The van der Waals surface area contributed by atoms with Crippen molar-refractivity contribution < 1.29 is 8.42 Å². The van der Waals surface area contributed by atoms with Gasteiger partial charge < -0.3 is 4.57 Å². The van der Waals surface area contributed by atoms with Crippen LogP contribution in [0.15, 0.2) is 95.8 Å². The fourth-order valence-corrected chi connectivity index (χ4v) is 2.92. The van der Waals surface area contributed by atoms with Gasteiger partial charge >= 0.3 is 0 Å². The standard InChI is InChI=1S/C16H14N2O2S.C6H12.C4H8/c1-21(19,20)15-9-7-14(8-10-15)18-11-16(17-12-18)13-5-3-2-4-6-13;1-4-6(3)5-2;1-4(2)3/h2-12H,1H3;4H,5H2,1-3H3;1H2,2-3H3/b;6-4-;. The summed E-state index contributed by atoms with van der Waals surface area (Å²) < 4.78 is 24.8. The second kappa shape index (κ2) is 12.7. The molecule has 3 rings (SSSR count). The first-order chi connectivity index (χ1) is 14.6. The molecule has 0 unspecified atom stereocenters. The van der Waals surface area contributed by atoms with Gasteiger partial charge in [-0.2, -0.15) is 0 Å². The van der Waals surface area contributed by atoms with Gasteiger partial charge in [0.25, 0.3) is 0 Å². The summed E-state index contributed by atoms with van der Waals surface area (Å²) in [5, 5.41) is 0. The predicted molar refractivity (Wildman–Crippen MR) is 132 cm³/mol. The topological polar surface area (TPSA) is 52.0 Å². The van der Waals surface area contributed by atoms with E-state index in [2.05, 4.69) is 38.4 Å². The van der Waals surface area contributed by atoms with Gasteiger partial charge in [-0.1, -0.05) is 54.5 Å². The van der Waals surface area contributed by atoms with E-state index in [1.54, 1.807) is 30.6 Å². The van der Waals surface area contributed by atoms with Crippen LogP contribution < -0.4 is 0 Å². The van der Waals surface area contributed by atoms with E-state index >= 15 is 0 Å². The zero-order valence-corrected chi connectivity index (χ0v) is 20.3. The second-order valence-corrected chi connectivity index (χ2v) is 9.51. The number of aromatic nitrogens is 2. The maximum Gasteiger partial charge on any atom is 0.175 e. The minimum absolute atomic E-state index is 0.314. The molecule has 0 saturated heterocycles. The average molecular weight is 439 g/mol. The monoisotopic (exact) mass is 438 g/mol. The molecule has 0 atom stereocenters. The van der Waals surface area contributed by atoms with Crippen molar-refractivity contribution >= 4 is 9.84 Å². The summed E-state index contributed by atoms with van der Waals surface area (Å²) in [6.45, 7) is 13.9. The fraction of sp³-hybridized carbons (Fsp3) is 0.269.